The maximum absolute atomic E-state index is 12.1. The van der Waals surface area contributed by atoms with E-state index in [9.17, 15) is 4.79 Å². The number of aromatic nitrogens is 1. The van der Waals surface area contributed by atoms with E-state index in [0.29, 0.717) is 5.92 Å². The van der Waals surface area contributed by atoms with E-state index in [1.165, 1.54) is 0 Å². The molecule has 5 heteroatoms. The summed E-state index contributed by atoms with van der Waals surface area (Å²) in [6.07, 6.45) is 0. The molecule has 1 aliphatic rings. The van der Waals surface area contributed by atoms with E-state index in [1.807, 2.05) is 19.2 Å². The zero-order valence-corrected chi connectivity index (χ0v) is 11.3. The van der Waals surface area contributed by atoms with Gasteiger partial charge in [-0.15, -0.1) is 11.3 Å². The molecule has 0 saturated carbocycles. The molecular weight excluding hydrogens is 234 g/mol. The third-order valence-electron chi connectivity index (χ3n) is 3.22. The van der Waals surface area contributed by atoms with Gasteiger partial charge in [-0.05, 0) is 26.3 Å². The molecule has 1 aromatic rings. The van der Waals surface area contributed by atoms with Crippen LogP contribution in [0.1, 0.15) is 30.6 Å². The summed E-state index contributed by atoms with van der Waals surface area (Å²) in [5.74, 6) is 0.654. The smallest absolute Gasteiger partial charge is 0.225 e. The van der Waals surface area contributed by atoms with Crippen LogP contribution in [0, 0.1) is 18.8 Å². The maximum atomic E-state index is 12.1. The van der Waals surface area contributed by atoms with Gasteiger partial charge >= 0.3 is 0 Å². The van der Waals surface area contributed by atoms with E-state index in [-0.39, 0.29) is 17.9 Å². The van der Waals surface area contributed by atoms with Crippen molar-refractivity contribution in [3.8, 4) is 0 Å². The summed E-state index contributed by atoms with van der Waals surface area (Å²) in [5.41, 5.74) is 1.02. The van der Waals surface area contributed by atoms with Gasteiger partial charge in [0.05, 0.1) is 12.0 Å². The van der Waals surface area contributed by atoms with Gasteiger partial charge in [0.25, 0.3) is 0 Å². The van der Waals surface area contributed by atoms with Crippen molar-refractivity contribution in [3.63, 3.8) is 0 Å². The summed E-state index contributed by atoms with van der Waals surface area (Å²) in [5, 5.41) is 9.29. The second-order valence-corrected chi connectivity index (χ2v) is 5.69. The van der Waals surface area contributed by atoms with Gasteiger partial charge in [-0.3, -0.25) is 4.79 Å². The number of amides is 1. The van der Waals surface area contributed by atoms with Crippen molar-refractivity contribution in [1.29, 1.82) is 0 Å². The third-order valence-corrected chi connectivity index (χ3v) is 4.37. The Morgan fingerprint density at radius 3 is 2.94 bits per heavy atom. The molecule has 17 heavy (non-hydrogen) atoms. The van der Waals surface area contributed by atoms with Gasteiger partial charge in [-0.1, -0.05) is 6.92 Å². The fourth-order valence-corrected chi connectivity index (χ4v) is 2.92. The van der Waals surface area contributed by atoms with Crippen LogP contribution in [-0.2, 0) is 4.79 Å². The highest BCUT2D eigenvalue weighted by Gasteiger charge is 2.30. The number of nitrogens with one attached hydrogen (secondary N) is 2. The van der Waals surface area contributed by atoms with Gasteiger partial charge in [-0.25, -0.2) is 4.98 Å². The van der Waals surface area contributed by atoms with Crippen LogP contribution in [0.25, 0.3) is 0 Å². The van der Waals surface area contributed by atoms with Gasteiger partial charge in [0.15, 0.2) is 0 Å². The summed E-state index contributed by atoms with van der Waals surface area (Å²) >= 11 is 1.60. The second-order valence-electron chi connectivity index (χ2n) is 4.80. The number of rotatable bonds is 3. The normalized spacial score (nSPS) is 25.8. The molecule has 0 aliphatic carbocycles. The van der Waals surface area contributed by atoms with Crippen molar-refractivity contribution in [1.82, 2.24) is 15.6 Å². The van der Waals surface area contributed by atoms with Crippen molar-refractivity contribution in [2.45, 2.75) is 26.8 Å². The van der Waals surface area contributed by atoms with Crippen LogP contribution in [0.15, 0.2) is 5.38 Å². The van der Waals surface area contributed by atoms with Gasteiger partial charge < -0.3 is 10.6 Å². The van der Waals surface area contributed by atoms with Crippen LogP contribution in [0.5, 0.6) is 0 Å². The number of thiazole rings is 1. The zero-order chi connectivity index (χ0) is 12.4. The molecule has 1 amide bonds. The van der Waals surface area contributed by atoms with Crippen LogP contribution in [-0.4, -0.2) is 24.0 Å². The lowest BCUT2D eigenvalue weighted by atomic mass is 9.97. The van der Waals surface area contributed by atoms with Gasteiger partial charge in [0.1, 0.15) is 5.01 Å². The van der Waals surface area contributed by atoms with E-state index in [4.69, 9.17) is 0 Å². The topological polar surface area (TPSA) is 54.0 Å². The van der Waals surface area contributed by atoms with E-state index >= 15 is 0 Å². The van der Waals surface area contributed by atoms with Crippen molar-refractivity contribution in [2.75, 3.05) is 13.1 Å². The fourth-order valence-electron chi connectivity index (χ4n) is 2.11. The minimum atomic E-state index is 0.00833. The Labute approximate surface area is 106 Å². The van der Waals surface area contributed by atoms with Crippen molar-refractivity contribution in [3.05, 3.63) is 16.1 Å². The Balaban J connectivity index is 1.94. The molecule has 2 heterocycles. The maximum Gasteiger partial charge on any atom is 0.225 e. The highest BCUT2D eigenvalue weighted by Crippen LogP contribution is 2.20. The Morgan fingerprint density at radius 1 is 1.65 bits per heavy atom. The van der Waals surface area contributed by atoms with Crippen LogP contribution >= 0.6 is 11.3 Å². The van der Waals surface area contributed by atoms with Crippen LogP contribution < -0.4 is 10.6 Å². The molecule has 1 aliphatic heterocycles. The van der Waals surface area contributed by atoms with Crippen LogP contribution in [0.3, 0.4) is 0 Å². The predicted octanol–water partition coefficient (Wildman–Crippen LogP) is 1.48. The van der Waals surface area contributed by atoms with Crippen molar-refractivity contribution >= 4 is 17.2 Å². The Morgan fingerprint density at radius 2 is 2.41 bits per heavy atom. The van der Waals surface area contributed by atoms with E-state index < -0.39 is 0 Å². The number of hydrogen-bond acceptors (Lipinski definition) is 4. The molecule has 3 unspecified atom stereocenters. The summed E-state index contributed by atoms with van der Waals surface area (Å²) < 4.78 is 0. The average molecular weight is 253 g/mol. The Bertz CT molecular complexity index is 404. The molecule has 2 rings (SSSR count). The summed E-state index contributed by atoms with van der Waals surface area (Å²) in [6.45, 7) is 7.79. The lowest BCUT2D eigenvalue weighted by Gasteiger charge is -2.17. The molecule has 0 radical (unpaired) electrons. The lowest BCUT2D eigenvalue weighted by molar-refractivity contribution is -0.126. The minimum absolute atomic E-state index is 0.00833. The summed E-state index contributed by atoms with van der Waals surface area (Å²) in [4.78, 5) is 16.5. The largest absolute Gasteiger partial charge is 0.347 e. The first kappa shape index (κ1) is 12.5. The first-order chi connectivity index (χ1) is 8.08. The Hall–Kier alpha value is -0.940. The van der Waals surface area contributed by atoms with Crippen molar-refractivity contribution in [2.24, 2.45) is 11.8 Å². The first-order valence-corrected chi connectivity index (χ1v) is 6.89. The molecule has 1 aromatic heterocycles. The number of carbonyl (C=O) groups is 1. The fraction of sp³-hybridized carbons (Fsp3) is 0.667. The molecule has 0 bridgehead atoms. The van der Waals surface area contributed by atoms with Crippen molar-refractivity contribution < 1.29 is 4.79 Å². The molecule has 2 N–H and O–H groups in total. The highest BCUT2D eigenvalue weighted by molar-refractivity contribution is 7.09. The highest BCUT2D eigenvalue weighted by atomic mass is 32.1. The Kier molecular flexibility index (Phi) is 3.79. The number of carbonyl (C=O) groups excluding carboxylic acids is 1. The van der Waals surface area contributed by atoms with E-state index in [0.717, 1.165) is 23.8 Å². The molecule has 3 atom stereocenters. The molecule has 0 aromatic carbocycles. The van der Waals surface area contributed by atoms with Gasteiger partial charge in [0.2, 0.25) is 5.91 Å². The van der Waals surface area contributed by atoms with Gasteiger partial charge in [-0.2, -0.15) is 0 Å². The van der Waals surface area contributed by atoms with Gasteiger partial charge in [0, 0.05) is 17.6 Å². The molecule has 0 spiro atoms. The zero-order valence-electron chi connectivity index (χ0n) is 10.5. The first-order valence-electron chi connectivity index (χ1n) is 6.01. The molecular formula is C12H19N3OS. The number of aryl methyl sites for hydroxylation is 1. The number of nitrogens with zero attached hydrogens (tertiary/aromatic N) is 1. The molecule has 94 valence electrons. The predicted molar refractivity (Wildman–Crippen MR) is 68.9 cm³/mol. The second kappa shape index (κ2) is 5.14. The van der Waals surface area contributed by atoms with E-state index in [1.54, 1.807) is 11.3 Å². The lowest BCUT2D eigenvalue weighted by Crippen LogP contribution is -2.35. The van der Waals surface area contributed by atoms with Crippen LogP contribution in [0.4, 0.5) is 0 Å². The SMILES string of the molecule is Cc1csc(C(C)NC(=O)C2CNCC2C)n1. The average Bonchev–Trinajstić information content (AvgIpc) is 2.86. The monoisotopic (exact) mass is 253 g/mol. The third kappa shape index (κ3) is 2.84. The molecule has 1 saturated heterocycles. The number of hydrogen-bond donors (Lipinski definition) is 2. The summed E-state index contributed by atoms with van der Waals surface area (Å²) in [6, 6.07) is 0.00833. The standard InChI is InChI=1S/C12H19N3OS/c1-7-4-13-5-10(7)11(16)15-9(3)12-14-8(2)6-17-12/h6-7,9-10,13H,4-5H2,1-3H3,(H,15,16). The molecule has 4 nitrogen and oxygen atoms in total. The molecule has 1 fully saturated rings. The van der Waals surface area contributed by atoms with Crippen LogP contribution in [0.2, 0.25) is 0 Å². The minimum Gasteiger partial charge on any atom is -0.347 e. The van der Waals surface area contributed by atoms with E-state index in [2.05, 4.69) is 22.5 Å². The summed E-state index contributed by atoms with van der Waals surface area (Å²) in [7, 11) is 0. The quantitative estimate of drug-likeness (QED) is 0.858.